The second-order valence-corrected chi connectivity index (χ2v) is 5.10. The van der Waals surface area contributed by atoms with Gasteiger partial charge >= 0.3 is 0 Å². The molecule has 1 heterocycles. The quantitative estimate of drug-likeness (QED) is 0.894. The number of nitriles is 1. The van der Waals surface area contributed by atoms with Crippen molar-refractivity contribution in [3.05, 3.63) is 28.2 Å². The summed E-state index contributed by atoms with van der Waals surface area (Å²) < 4.78 is 6.03. The van der Waals surface area contributed by atoms with Gasteiger partial charge in [-0.1, -0.05) is 15.9 Å². The van der Waals surface area contributed by atoms with Crippen molar-refractivity contribution in [3.8, 4) is 6.07 Å². The first-order valence-corrected chi connectivity index (χ1v) is 6.16. The van der Waals surface area contributed by atoms with Gasteiger partial charge in [0.2, 0.25) is 0 Å². The van der Waals surface area contributed by atoms with Crippen molar-refractivity contribution in [1.82, 2.24) is 0 Å². The summed E-state index contributed by atoms with van der Waals surface area (Å²) >= 11 is 3.32. The van der Waals surface area contributed by atoms with Crippen LogP contribution in [-0.4, -0.2) is 30.5 Å². The Balaban J connectivity index is 2.06. The number of nitrogens with one attached hydrogen (secondary N) is 1. The smallest absolute Gasteiger partial charge is 0.107 e. The van der Waals surface area contributed by atoms with Crippen LogP contribution in [0.3, 0.4) is 0 Å². The molecule has 2 N–H and O–H groups in total. The number of hydrogen-bond donors (Lipinski definition) is 2. The highest BCUT2D eigenvalue weighted by atomic mass is 79.9. The van der Waals surface area contributed by atoms with Gasteiger partial charge in [0, 0.05) is 24.0 Å². The second-order valence-electron chi connectivity index (χ2n) is 4.18. The van der Waals surface area contributed by atoms with Crippen molar-refractivity contribution in [1.29, 1.82) is 5.26 Å². The minimum Gasteiger partial charge on any atom is -0.386 e. The monoisotopic (exact) mass is 296 g/mol. The highest BCUT2D eigenvalue weighted by molar-refractivity contribution is 9.10. The van der Waals surface area contributed by atoms with Gasteiger partial charge < -0.3 is 15.2 Å². The molecule has 17 heavy (non-hydrogen) atoms. The molecule has 2 rings (SSSR count). The Hall–Kier alpha value is -1.09. The van der Waals surface area contributed by atoms with E-state index in [1.54, 1.807) is 6.07 Å². The van der Waals surface area contributed by atoms with Crippen molar-refractivity contribution >= 4 is 21.6 Å². The van der Waals surface area contributed by atoms with Crippen molar-refractivity contribution in [3.63, 3.8) is 0 Å². The van der Waals surface area contributed by atoms with Gasteiger partial charge in [-0.15, -0.1) is 0 Å². The van der Waals surface area contributed by atoms with E-state index in [1.807, 2.05) is 12.1 Å². The van der Waals surface area contributed by atoms with Crippen molar-refractivity contribution in [2.24, 2.45) is 0 Å². The SMILES string of the molecule is N#Cc1cc(Br)ccc1NCC1(O)CCOC1. The molecule has 0 amide bonds. The highest BCUT2D eigenvalue weighted by Gasteiger charge is 2.32. The lowest BCUT2D eigenvalue weighted by Crippen LogP contribution is -2.37. The Kier molecular flexibility index (Phi) is 3.67. The molecule has 0 aliphatic carbocycles. The number of aliphatic hydroxyl groups is 1. The zero-order chi connectivity index (χ0) is 12.3. The number of rotatable bonds is 3. The molecule has 4 nitrogen and oxygen atoms in total. The number of ether oxygens (including phenoxy) is 1. The molecule has 1 aromatic rings. The van der Waals surface area contributed by atoms with E-state index in [-0.39, 0.29) is 0 Å². The molecule has 0 bridgehead atoms. The first-order chi connectivity index (χ1) is 8.13. The van der Waals surface area contributed by atoms with Crippen LogP contribution in [0, 0.1) is 11.3 Å². The number of anilines is 1. The summed E-state index contributed by atoms with van der Waals surface area (Å²) in [7, 11) is 0. The zero-order valence-electron chi connectivity index (χ0n) is 9.24. The Labute approximate surface area is 108 Å². The fourth-order valence-corrected chi connectivity index (χ4v) is 2.12. The molecule has 1 aliphatic rings. The zero-order valence-corrected chi connectivity index (χ0v) is 10.8. The van der Waals surface area contributed by atoms with Crippen LogP contribution < -0.4 is 5.32 Å². The van der Waals surface area contributed by atoms with E-state index in [0.29, 0.717) is 31.7 Å². The third-order valence-electron chi connectivity index (χ3n) is 2.79. The minimum absolute atomic E-state index is 0.346. The summed E-state index contributed by atoms with van der Waals surface area (Å²) in [6.07, 6.45) is 0.623. The minimum atomic E-state index is -0.820. The molecule has 1 aliphatic heterocycles. The number of hydrogen-bond acceptors (Lipinski definition) is 4. The lowest BCUT2D eigenvalue weighted by atomic mass is 10.0. The molecule has 1 unspecified atom stereocenters. The first-order valence-electron chi connectivity index (χ1n) is 5.37. The standard InChI is InChI=1S/C12H13BrN2O2/c13-10-1-2-11(9(5-10)6-14)15-7-12(16)3-4-17-8-12/h1-2,5,15-16H,3-4,7-8H2. The second kappa shape index (κ2) is 5.05. The molecule has 0 radical (unpaired) electrons. The van der Waals surface area contributed by atoms with Crippen molar-refractivity contribution < 1.29 is 9.84 Å². The van der Waals surface area contributed by atoms with Crippen LogP contribution in [0.4, 0.5) is 5.69 Å². The van der Waals surface area contributed by atoms with Gasteiger partial charge in [-0.25, -0.2) is 0 Å². The fraction of sp³-hybridized carbons (Fsp3) is 0.417. The molecular formula is C12H13BrN2O2. The van der Waals surface area contributed by atoms with Crippen LogP contribution in [0.25, 0.3) is 0 Å². The third kappa shape index (κ3) is 2.97. The van der Waals surface area contributed by atoms with Crippen LogP contribution in [-0.2, 0) is 4.74 Å². The van der Waals surface area contributed by atoms with E-state index in [2.05, 4.69) is 27.3 Å². The van der Waals surface area contributed by atoms with E-state index in [1.165, 1.54) is 0 Å². The predicted molar refractivity (Wildman–Crippen MR) is 67.7 cm³/mol. The van der Waals surface area contributed by atoms with Gasteiger partial charge in [0.1, 0.15) is 11.7 Å². The molecular weight excluding hydrogens is 284 g/mol. The fourth-order valence-electron chi connectivity index (χ4n) is 1.76. The highest BCUT2D eigenvalue weighted by Crippen LogP contribution is 2.23. The van der Waals surface area contributed by atoms with Crippen LogP contribution >= 0.6 is 15.9 Å². The summed E-state index contributed by atoms with van der Waals surface area (Å²) in [6, 6.07) is 7.55. The summed E-state index contributed by atoms with van der Waals surface area (Å²) in [5, 5.41) is 22.2. The van der Waals surface area contributed by atoms with Crippen LogP contribution in [0.2, 0.25) is 0 Å². The average Bonchev–Trinajstić information content (AvgIpc) is 2.75. The number of nitrogens with zero attached hydrogens (tertiary/aromatic N) is 1. The van der Waals surface area contributed by atoms with Gasteiger partial charge in [0.15, 0.2) is 0 Å². The Bertz CT molecular complexity index is 450. The van der Waals surface area contributed by atoms with E-state index in [9.17, 15) is 5.11 Å². The lowest BCUT2D eigenvalue weighted by Gasteiger charge is -2.21. The Morgan fingerprint density at radius 3 is 3.06 bits per heavy atom. The normalized spacial score (nSPS) is 23.4. The molecule has 1 aromatic carbocycles. The van der Waals surface area contributed by atoms with Crippen LogP contribution in [0.15, 0.2) is 22.7 Å². The lowest BCUT2D eigenvalue weighted by molar-refractivity contribution is 0.0382. The molecule has 0 saturated carbocycles. The summed E-state index contributed by atoms with van der Waals surface area (Å²) in [4.78, 5) is 0. The van der Waals surface area contributed by atoms with Gasteiger partial charge in [0.05, 0.1) is 17.9 Å². The maximum Gasteiger partial charge on any atom is 0.107 e. The molecule has 0 aromatic heterocycles. The first kappa shape index (κ1) is 12.4. The molecule has 0 spiro atoms. The summed E-state index contributed by atoms with van der Waals surface area (Å²) in [5.41, 5.74) is 0.470. The Morgan fingerprint density at radius 2 is 2.41 bits per heavy atom. The van der Waals surface area contributed by atoms with Crippen LogP contribution in [0.5, 0.6) is 0 Å². The van der Waals surface area contributed by atoms with Gasteiger partial charge in [-0.2, -0.15) is 5.26 Å². The van der Waals surface area contributed by atoms with Crippen molar-refractivity contribution in [2.45, 2.75) is 12.0 Å². The molecule has 90 valence electrons. The van der Waals surface area contributed by atoms with E-state index in [0.717, 1.165) is 10.2 Å². The third-order valence-corrected chi connectivity index (χ3v) is 3.29. The van der Waals surface area contributed by atoms with Gasteiger partial charge in [0.25, 0.3) is 0 Å². The molecule has 1 saturated heterocycles. The van der Waals surface area contributed by atoms with Gasteiger partial charge in [-0.3, -0.25) is 0 Å². The average molecular weight is 297 g/mol. The maximum absolute atomic E-state index is 10.1. The summed E-state index contributed by atoms with van der Waals surface area (Å²) in [5.74, 6) is 0. The largest absolute Gasteiger partial charge is 0.386 e. The number of benzene rings is 1. The summed E-state index contributed by atoms with van der Waals surface area (Å²) in [6.45, 7) is 1.32. The maximum atomic E-state index is 10.1. The predicted octanol–water partition coefficient (Wildman–Crippen LogP) is 1.88. The van der Waals surface area contributed by atoms with Crippen LogP contribution in [0.1, 0.15) is 12.0 Å². The van der Waals surface area contributed by atoms with Crippen molar-refractivity contribution in [2.75, 3.05) is 25.1 Å². The van der Waals surface area contributed by atoms with E-state index >= 15 is 0 Å². The Morgan fingerprint density at radius 1 is 1.59 bits per heavy atom. The molecule has 5 heteroatoms. The van der Waals surface area contributed by atoms with Gasteiger partial charge in [-0.05, 0) is 18.2 Å². The number of halogens is 1. The molecule has 1 atom stereocenters. The van der Waals surface area contributed by atoms with E-state index < -0.39 is 5.60 Å². The van der Waals surface area contributed by atoms with E-state index in [4.69, 9.17) is 10.00 Å². The molecule has 1 fully saturated rings. The topological polar surface area (TPSA) is 65.3 Å².